The minimum atomic E-state index is -1.24. The standard InChI is InChI=1S/C16H18N2O4/c17-12-14(16(19)20)10-13-2-1-3-15(11-13)22-9-6-18-4-7-21-8-5-18/h1-3,10-11H,4-9H2,(H,19,20)/b14-10+. The molecule has 1 aromatic rings. The van der Waals surface area contributed by atoms with Crippen molar-refractivity contribution in [3.8, 4) is 11.8 Å². The van der Waals surface area contributed by atoms with Crippen molar-refractivity contribution in [2.75, 3.05) is 39.5 Å². The molecule has 1 aliphatic rings. The third-order valence-corrected chi connectivity index (χ3v) is 3.30. The first kappa shape index (κ1) is 16.0. The fourth-order valence-corrected chi connectivity index (χ4v) is 2.12. The van der Waals surface area contributed by atoms with Gasteiger partial charge in [0.25, 0.3) is 0 Å². The third kappa shape index (κ3) is 4.88. The lowest BCUT2D eigenvalue weighted by Crippen LogP contribution is -2.38. The zero-order valence-electron chi connectivity index (χ0n) is 12.2. The second kappa shape index (κ2) is 8.17. The summed E-state index contributed by atoms with van der Waals surface area (Å²) in [5.74, 6) is -0.578. The molecule has 6 heteroatoms. The normalized spacial score (nSPS) is 16.0. The van der Waals surface area contributed by atoms with Crippen LogP contribution < -0.4 is 4.74 Å². The molecule has 1 aliphatic heterocycles. The zero-order valence-corrected chi connectivity index (χ0v) is 12.2. The van der Waals surface area contributed by atoms with Gasteiger partial charge in [-0.25, -0.2) is 4.79 Å². The molecule has 1 saturated heterocycles. The van der Waals surface area contributed by atoms with Crippen LogP contribution in [0.4, 0.5) is 0 Å². The number of carboxylic acids is 1. The van der Waals surface area contributed by atoms with Crippen molar-refractivity contribution in [3.05, 3.63) is 35.4 Å². The Bertz CT molecular complexity index is 586. The minimum absolute atomic E-state index is 0.300. The summed E-state index contributed by atoms with van der Waals surface area (Å²) in [5.41, 5.74) is 0.327. The van der Waals surface area contributed by atoms with Crippen LogP contribution >= 0.6 is 0 Å². The predicted molar refractivity (Wildman–Crippen MR) is 80.4 cm³/mol. The van der Waals surface area contributed by atoms with Gasteiger partial charge in [0, 0.05) is 19.6 Å². The summed E-state index contributed by atoms with van der Waals surface area (Å²) in [4.78, 5) is 13.1. The van der Waals surface area contributed by atoms with E-state index < -0.39 is 5.97 Å². The van der Waals surface area contributed by atoms with Crippen molar-refractivity contribution in [2.24, 2.45) is 0 Å². The number of morpholine rings is 1. The highest BCUT2D eigenvalue weighted by molar-refractivity contribution is 5.96. The quantitative estimate of drug-likeness (QED) is 0.631. The van der Waals surface area contributed by atoms with Crippen molar-refractivity contribution < 1.29 is 19.4 Å². The Morgan fingerprint density at radius 2 is 2.23 bits per heavy atom. The molecule has 1 fully saturated rings. The van der Waals surface area contributed by atoms with Crippen LogP contribution in [0.5, 0.6) is 5.75 Å². The second-order valence-corrected chi connectivity index (χ2v) is 4.85. The van der Waals surface area contributed by atoms with Crippen LogP contribution in [0.15, 0.2) is 29.8 Å². The summed E-state index contributed by atoms with van der Waals surface area (Å²) >= 11 is 0. The van der Waals surface area contributed by atoms with Crippen molar-refractivity contribution in [3.63, 3.8) is 0 Å². The van der Waals surface area contributed by atoms with E-state index in [9.17, 15) is 4.79 Å². The molecule has 1 aromatic carbocycles. The average Bonchev–Trinajstić information content (AvgIpc) is 2.54. The maximum atomic E-state index is 10.8. The van der Waals surface area contributed by atoms with Crippen LogP contribution in [0, 0.1) is 11.3 Å². The van der Waals surface area contributed by atoms with E-state index in [1.54, 1.807) is 24.3 Å². The first-order chi connectivity index (χ1) is 10.7. The van der Waals surface area contributed by atoms with Crippen LogP contribution in [0.1, 0.15) is 5.56 Å². The molecule has 0 atom stereocenters. The molecule has 22 heavy (non-hydrogen) atoms. The lowest BCUT2D eigenvalue weighted by atomic mass is 10.1. The highest BCUT2D eigenvalue weighted by atomic mass is 16.5. The van der Waals surface area contributed by atoms with Crippen LogP contribution in [-0.2, 0) is 9.53 Å². The molecule has 0 unspecified atom stereocenters. The van der Waals surface area contributed by atoms with E-state index >= 15 is 0 Å². The van der Waals surface area contributed by atoms with Crippen LogP contribution in [-0.4, -0.2) is 55.4 Å². The number of rotatable bonds is 6. The number of nitrogens with zero attached hydrogens (tertiary/aromatic N) is 2. The average molecular weight is 302 g/mol. The Balaban J connectivity index is 1.91. The van der Waals surface area contributed by atoms with Crippen LogP contribution in [0.2, 0.25) is 0 Å². The summed E-state index contributed by atoms with van der Waals surface area (Å²) in [7, 11) is 0. The lowest BCUT2D eigenvalue weighted by Gasteiger charge is -2.26. The lowest BCUT2D eigenvalue weighted by molar-refractivity contribution is -0.132. The van der Waals surface area contributed by atoms with Gasteiger partial charge in [-0.2, -0.15) is 5.26 Å². The highest BCUT2D eigenvalue weighted by Gasteiger charge is 2.10. The van der Waals surface area contributed by atoms with Crippen LogP contribution in [0.3, 0.4) is 0 Å². The van der Waals surface area contributed by atoms with Crippen molar-refractivity contribution in [1.82, 2.24) is 4.90 Å². The first-order valence-electron chi connectivity index (χ1n) is 7.07. The predicted octanol–water partition coefficient (Wildman–Crippen LogP) is 1.39. The first-order valence-corrected chi connectivity index (χ1v) is 7.07. The van der Waals surface area contributed by atoms with E-state index in [0.29, 0.717) is 17.9 Å². The molecule has 6 nitrogen and oxygen atoms in total. The molecule has 116 valence electrons. The maximum Gasteiger partial charge on any atom is 0.346 e. The number of benzene rings is 1. The monoisotopic (exact) mass is 302 g/mol. The van der Waals surface area contributed by atoms with Gasteiger partial charge in [0.2, 0.25) is 0 Å². The number of carbonyl (C=O) groups is 1. The van der Waals surface area contributed by atoms with E-state index in [4.69, 9.17) is 19.8 Å². The molecule has 0 saturated carbocycles. The minimum Gasteiger partial charge on any atom is -0.492 e. The van der Waals surface area contributed by atoms with E-state index in [2.05, 4.69) is 4.90 Å². The number of aliphatic carboxylic acids is 1. The molecular weight excluding hydrogens is 284 g/mol. The van der Waals surface area contributed by atoms with Crippen molar-refractivity contribution in [1.29, 1.82) is 5.26 Å². The van der Waals surface area contributed by atoms with E-state index in [0.717, 1.165) is 32.8 Å². The molecule has 0 aromatic heterocycles. The SMILES string of the molecule is N#C/C(=C\c1cccc(OCCN2CCOCC2)c1)C(=O)O. The number of hydrogen-bond donors (Lipinski definition) is 1. The molecular formula is C16H18N2O4. The van der Waals surface area contributed by atoms with E-state index in [-0.39, 0.29) is 5.57 Å². The van der Waals surface area contributed by atoms with E-state index in [1.165, 1.54) is 6.08 Å². The van der Waals surface area contributed by atoms with Gasteiger partial charge in [-0.05, 0) is 23.8 Å². The highest BCUT2D eigenvalue weighted by Crippen LogP contribution is 2.16. The Kier molecular flexibility index (Phi) is 5.95. The summed E-state index contributed by atoms with van der Waals surface area (Å²) in [5, 5.41) is 17.6. The molecule has 0 amide bonds. The Morgan fingerprint density at radius 1 is 1.45 bits per heavy atom. The van der Waals surface area contributed by atoms with Gasteiger partial charge in [-0.3, -0.25) is 4.90 Å². The molecule has 0 radical (unpaired) electrons. The van der Waals surface area contributed by atoms with Crippen LogP contribution in [0.25, 0.3) is 6.08 Å². The topological polar surface area (TPSA) is 82.8 Å². The smallest absolute Gasteiger partial charge is 0.346 e. The van der Waals surface area contributed by atoms with Gasteiger partial charge in [-0.15, -0.1) is 0 Å². The molecule has 0 aliphatic carbocycles. The van der Waals surface area contributed by atoms with Gasteiger partial charge in [0.15, 0.2) is 0 Å². The molecule has 0 bridgehead atoms. The van der Waals surface area contributed by atoms with Gasteiger partial charge in [0.05, 0.1) is 13.2 Å². The largest absolute Gasteiger partial charge is 0.492 e. The molecule has 0 spiro atoms. The number of nitriles is 1. The second-order valence-electron chi connectivity index (χ2n) is 4.85. The van der Waals surface area contributed by atoms with Crippen molar-refractivity contribution >= 4 is 12.0 Å². The fourth-order valence-electron chi connectivity index (χ4n) is 2.12. The number of carboxylic acid groups (broad SMARTS) is 1. The van der Waals surface area contributed by atoms with Crippen molar-refractivity contribution in [2.45, 2.75) is 0 Å². The number of ether oxygens (including phenoxy) is 2. The Labute approximate surface area is 129 Å². The molecule has 1 heterocycles. The summed E-state index contributed by atoms with van der Waals surface area (Å²) in [6.07, 6.45) is 1.33. The van der Waals surface area contributed by atoms with E-state index in [1.807, 2.05) is 6.07 Å². The summed E-state index contributed by atoms with van der Waals surface area (Å²) in [6.45, 7) is 4.71. The molecule has 2 rings (SSSR count). The zero-order chi connectivity index (χ0) is 15.8. The van der Waals surface area contributed by atoms with Gasteiger partial charge < -0.3 is 14.6 Å². The Morgan fingerprint density at radius 3 is 2.91 bits per heavy atom. The Hall–Kier alpha value is -2.36. The van der Waals surface area contributed by atoms with Gasteiger partial charge >= 0.3 is 5.97 Å². The maximum absolute atomic E-state index is 10.8. The summed E-state index contributed by atoms with van der Waals surface area (Å²) < 4.78 is 11.0. The molecule has 1 N–H and O–H groups in total. The third-order valence-electron chi connectivity index (χ3n) is 3.30. The summed E-state index contributed by atoms with van der Waals surface area (Å²) in [6, 6.07) is 8.69. The fraction of sp³-hybridized carbons (Fsp3) is 0.375. The van der Waals surface area contributed by atoms with Gasteiger partial charge in [-0.1, -0.05) is 12.1 Å². The number of hydrogen-bond acceptors (Lipinski definition) is 5. The van der Waals surface area contributed by atoms with Gasteiger partial charge in [0.1, 0.15) is 24.0 Å².